The van der Waals surface area contributed by atoms with Gasteiger partial charge in [-0.05, 0) is 11.6 Å². The average molecular weight is 198 g/mol. The standard InChI is InChI=1S/C8H8F2N4/c9-8(10)5-1-4(2-11)7(13)6(3-12)14-5/h1,8H,2,11,13H2. The molecule has 0 aliphatic carbocycles. The highest BCUT2D eigenvalue weighted by molar-refractivity contribution is 5.56. The van der Waals surface area contributed by atoms with Crippen LogP contribution in [0.3, 0.4) is 0 Å². The lowest BCUT2D eigenvalue weighted by molar-refractivity contribution is 0.146. The van der Waals surface area contributed by atoms with Gasteiger partial charge in [0.15, 0.2) is 5.69 Å². The van der Waals surface area contributed by atoms with Crippen molar-refractivity contribution in [2.45, 2.75) is 13.0 Å². The molecule has 14 heavy (non-hydrogen) atoms. The number of nitrogens with zero attached hydrogens (tertiary/aromatic N) is 2. The second-order valence-electron chi connectivity index (χ2n) is 2.59. The molecule has 0 unspecified atom stereocenters. The number of hydrogen-bond donors (Lipinski definition) is 2. The number of nitriles is 1. The maximum atomic E-state index is 12.3. The van der Waals surface area contributed by atoms with Crippen molar-refractivity contribution in [1.82, 2.24) is 4.98 Å². The van der Waals surface area contributed by atoms with Gasteiger partial charge < -0.3 is 11.5 Å². The van der Waals surface area contributed by atoms with E-state index in [2.05, 4.69) is 4.98 Å². The van der Waals surface area contributed by atoms with E-state index in [1.165, 1.54) is 0 Å². The van der Waals surface area contributed by atoms with Crippen LogP contribution in [0.25, 0.3) is 0 Å². The summed E-state index contributed by atoms with van der Waals surface area (Å²) in [6.45, 7) is 0.00273. The molecule has 0 fully saturated rings. The molecule has 0 amide bonds. The van der Waals surface area contributed by atoms with Crippen molar-refractivity contribution >= 4 is 5.69 Å². The number of aromatic nitrogens is 1. The molecule has 1 rings (SSSR count). The molecule has 0 aliphatic heterocycles. The van der Waals surface area contributed by atoms with Gasteiger partial charge >= 0.3 is 0 Å². The molecule has 0 atom stereocenters. The van der Waals surface area contributed by atoms with E-state index in [0.717, 1.165) is 6.07 Å². The smallest absolute Gasteiger partial charge is 0.280 e. The van der Waals surface area contributed by atoms with Gasteiger partial charge in [-0.3, -0.25) is 0 Å². The van der Waals surface area contributed by atoms with Crippen molar-refractivity contribution < 1.29 is 8.78 Å². The fourth-order valence-corrected chi connectivity index (χ4v) is 0.996. The molecule has 0 saturated carbocycles. The predicted octanol–water partition coefficient (Wildman–Crippen LogP) is 0.932. The second kappa shape index (κ2) is 3.98. The fourth-order valence-electron chi connectivity index (χ4n) is 0.996. The summed E-state index contributed by atoms with van der Waals surface area (Å²) in [5.41, 5.74) is 10.4. The first-order valence-electron chi connectivity index (χ1n) is 3.77. The third-order valence-corrected chi connectivity index (χ3v) is 1.71. The molecule has 1 aromatic heterocycles. The number of pyridine rings is 1. The van der Waals surface area contributed by atoms with E-state index >= 15 is 0 Å². The van der Waals surface area contributed by atoms with Crippen LogP contribution in [0, 0.1) is 11.3 Å². The minimum atomic E-state index is -2.73. The number of hydrogen-bond acceptors (Lipinski definition) is 4. The molecule has 0 aromatic carbocycles. The molecule has 74 valence electrons. The van der Waals surface area contributed by atoms with E-state index in [9.17, 15) is 8.78 Å². The molecule has 0 spiro atoms. The molecule has 6 heteroatoms. The zero-order valence-corrected chi connectivity index (χ0v) is 7.17. The lowest BCUT2D eigenvalue weighted by Gasteiger charge is -2.07. The van der Waals surface area contributed by atoms with Crippen molar-refractivity contribution in [3.63, 3.8) is 0 Å². The molecule has 0 saturated heterocycles. The summed E-state index contributed by atoms with van der Waals surface area (Å²) in [4.78, 5) is 3.41. The number of nitrogen functional groups attached to an aromatic ring is 1. The van der Waals surface area contributed by atoms with Gasteiger partial charge in [-0.1, -0.05) is 0 Å². The highest BCUT2D eigenvalue weighted by Gasteiger charge is 2.14. The maximum Gasteiger partial charge on any atom is 0.280 e. The summed E-state index contributed by atoms with van der Waals surface area (Å²) in [6.07, 6.45) is -2.73. The summed E-state index contributed by atoms with van der Waals surface area (Å²) in [6, 6.07) is 2.75. The van der Waals surface area contributed by atoms with E-state index in [1.54, 1.807) is 6.07 Å². The predicted molar refractivity (Wildman–Crippen MR) is 46.2 cm³/mol. The zero-order valence-electron chi connectivity index (χ0n) is 7.17. The number of anilines is 1. The second-order valence-corrected chi connectivity index (χ2v) is 2.59. The largest absolute Gasteiger partial charge is 0.396 e. The first kappa shape index (κ1) is 10.3. The van der Waals surface area contributed by atoms with Gasteiger partial charge in [-0.15, -0.1) is 0 Å². The van der Waals surface area contributed by atoms with Crippen LogP contribution in [0.15, 0.2) is 6.07 Å². The van der Waals surface area contributed by atoms with Crippen molar-refractivity contribution in [1.29, 1.82) is 5.26 Å². The Hall–Kier alpha value is -1.74. The van der Waals surface area contributed by atoms with Gasteiger partial charge in [0.05, 0.1) is 5.69 Å². The van der Waals surface area contributed by atoms with Crippen LogP contribution >= 0.6 is 0 Å². The molecule has 4 N–H and O–H groups in total. The number of nitrogens with two attached hydrogens (primary N) is 2. The van der Waals surface area contributed by atoms with E-state index in [-0.39, 0.29) is 17.9 Å². The minimum Gasteiger partial charge on any atom is -0.396 e. The SMILES string of the molecule is N#Cc1nc(C(F)F)cc(CN)c1N. The van der Waals surface area contributed by atoms with Gasteiger partial charge in [0, 0.05) is 6.54 Å². The van der Waals surface area contributed by atoms with Gasteiger partial charge in [0.1, 0.15) is 11.8 Å². The average Bonchev–Trinajstić information content (AvgIpc) is 2.17. The minimum absolute atomic E-state index is 0.00273. The van der Waals surface area contributed by atoms with Gasteiger partial charge in [0.2, 0.25) is 0 Å². The van der Waals surface area contributed by atoms with Crippen LogP contribution in [0.5, 0.6) is 0 Å². The summed E-state index contributed by atoms with van der Waals surface area (Å²) >= 11 is 0. The third kappa shape index (κ3) is 1.78. The Balaban J connectivity index is 3.34. The van der Waals surface area contributed by atoms with E-state index < -0.39 is 12.1 Å². The van der Waals surface area contributed by atoms with Crippen molar-refractivity contribution in [2.24, 2.45) is 5.73 Å². The molecular formula is C8H8F2N4. The molecular weight excluding hydrogens is 190 g/mol. The number of rotatable bonds is 2. The maximum absolute atomic E-state index is 12.3. The Morgan fingerprint density at radius 3 is 2.64 bits per heavy atom. The summed E-state index contributed by atoms with van der Waals surface area (Å²) in [5.74, 6) is 0. The van der Waals surface area contributed by atoms with Crippen LogP contribution < -0.4 is 11.5 Å². The quantitative estimate of drug-likeness (QED) is 0.739. The molecule has 0 bridgehead atoms. The topological polar surface area (TPSA) is 88.7 Å². The summed E-state index contributed by atoms with van der Waals surface area (Å²) in [5, 5.41) is 8.57. The van der Waals surface area contributed by atoms with Crippen molar-refractivity contribution in [3.8, 4) is 6.07 Å². The monoisotopic (exact) mass is 198 g/mol. The van der Waals surface area contributed by atoms with Crippen molar-refractivity contribution in [2.75, 3.05) is 5.73 Å². The molecule has 1 heterocycles. The first-order valence-corrected chi connectivity index (χ1v) is 3.77. The normalized spacial score (nSPS) is 10.2. The Bertz CT molecular complexity index is 384. The van der Waals surface area contributed by atoms with E-state index in [1.807, 2.05) is 0 Å². The van der Waals surface area contributed by atoms with Crippen LogP contribution in [-0.4, -0.2) is 4.98 Å². The van der Waals surface area contributed by atoms with Crippen LogP contribution in [0.4, 0.5) is 14.5 Å². The highest BCUT2D eigenvalue weighted by Crippen LogP contribution is 2.22. The molecule has 1 aromatic rings. The number of alkyl halides is 2. The molecule has 4 nitrogen and oxygen atoms in total. The first-order chi connectivity index (χ1) is 6.60. The van der Waals surface area contributed by atoms with Crippen LogP contribution in [0.1, 0.15) is 23.4 Å². The Morgan fingerprint density at radius 1 is 1.57 bits per heavy atom. The lowest BCUT2D eigenvalue weighted by atomic mass is 10.1. The Kier molecular flexibility index (Phi) is 2.94. The van der Waals surface area contributed by atoms with E-state index in [4.69, 9.17) is 16.7 Å². The Labute approximate surface area is 79.1 Å². The molecule has 0 radical (unpaired) electrons. The van der Waals surface area contributed by atoms with Gasteiger partial charge in [-0.2, -0.15) is 5.26 Å². The summed E-state index contributed by atoms with van der Waals surface area (Å²) in [7, 11) is 0. The Morgan fingerprint density at radius 2 is 2.21 bits per heavy atom. The van der Waals surface area contributed by atoms with Crippen molar-refractivity contribution in [3.05, 3.63) is 23.0 Å². The zero-order chi connectivity index (χ0) is 10.7. The van der Waals surface area contributed by atoms with E-state index in [0.29, 0.717) is 5.56 Å². The molecule has 0 aliphatic rings. The summed E-state index contributed by atoms with van der Waals surface area (Å²) < 4.78 is 24.6. The van der Waals surface area contributed by atoms with Crippen LogP contribution in [-0.2, 0) is 6.54 Å². The third-order valence-electron chi connectivity index (χ3n) is 1.71. The fraction of sp³-hybridized carbons (Fsp3) is 0.250. The lowest BCUT2D eigenvalue weighted by Crippen LogP contribution is -2.07. The highest BCUT2D eigenvalue weighted by atomic mass is 19.3. The van der Waals surface area contributed by atoms with Crippen LogP contribution in [0.2, 0.25) is 0 Å². The van der Waals surface area contributed by atoms with Gasteiger partial charge in [-0.25, -0.2) is 13.8 Å². The van der Waals surface area contributed by atoms with Gasteiger partial charge in [0.25, 0.3) is 6.43 Å². The number of halogens is 2.